The number of carboxylic acid groups (broad SMARTS) is 1. The molecule has 0 bridgehead atoms. The highest BCUT2D eigenvalue weighted by Crippen LogP contribution is 2.16. The van der Waals surface area contributed by atoms with Crippen molar-refractivity contribution in [2.75, 3.05) is 5.32 Å². The first-order valence-corrected chi connectivity index (χ1v) is 6.22. The summed E-state index contributed by atoms with van der Waals surface area (Å²) in [6.45, 7) is 0.409. The van der Waals surface area contributed by atoms with Crippen molar-refractivity contribution in [2.45, 2.75) is 6.54 Å². The van der Waals surface area contributed by atoms with Crippen LogP contribution in [0, 0.1) is 5.82 Å². The average molecular weight is 325 g/mol. The number of halogens is 2. The van der Waals surface area contributed by atoms with Crippen LogP contribution in [0.25, 0.3) is 0 Å². The Hall–Kier alpha value is -1.95. The molecule has 0 atom stereocenters. The number of carboxylic acids is 1. The highest BCUT2D eigenvalue weighted by molar-refractivity contribution is 9.10. The number of pyridine rings is 1. The smallest absolute Gasteiger partial charge is 0.339 e. The van der Waals surface area contributed by atoms with Crippen LogP contribution in [0.3, 0.4) is 0 Å². The van der Waals surface area contributed by atoms with Crippen molar-refractivity contribution in [3.8, 4) is 0 Å². The van der Waals surface area contributed by atoms with Gasteiger partial charge in [0, 0.05) is 11.0 Å². The van der Waals surface area contributed by atoms with Gasteiger partial charge in [-0.3, -0.25) is 0 Å². The molecule has 1 aromatic heterocycles. The third-order valence-electron chi connectivity index (χ3n) is 2.46. The van der Waals surface area contributed by atoms with E-state index in [1.54, 1.807) is 0 Å². The van der Waals surface area contributed by atoms with Crippen LogP contribution in [-0.2, 0) is 6.54 Å². The van der Waals surface area contributed by atoms with Gasteiger partial charge in [0.05, 0.1) is 6.20 Å². The highest BCUT2D eigenvalue weighted by Gasteiger charge is 2.12. The summed E-state index contributed by atoms with van der Waals surface area (Å²) in [5.41, 5.74) is 0.780. The van der Waals surface area contributed by atoms with Crippen LogP contribution in [-0.4, -0.2) is 16.1 Å². The second-order valence-corrected chi connectivity index (χ2v) is 4.75. The number of hydrogen-bond acceptors (Lipinski definition) is 3. The van der Waals surface area contributed by atoms with Crippen LogP contribution in [0.15, 0.2) is 41.0 Å². The third-order valence-corrected chi connectivity index (χ3v) is 2.99. The SMILES string of the molecule is O=C(O)c1cc(F)cnc1NCc1ccc(Br)cc1. The number of hydrogen-bond donors (Lipinski definition) is 2. The fourth-order valence-electron chi connectivity index (χ4n) is 1.53. The maximum absolute atomic E-state index is 13.0. The van der Waals surface area contributed by atoms with Crippen LogP contribution < -0.4 is 5.32 Å². The molecule has 2 aromatic rings. The van der Waals surface area contributed by atoms with Crippen molar-refractivity contribution in [2.24, 2.45) is 0 Å². The van der Waals surface area contributed by atoms with Crippen molar-refractivity contribution in [1.29, 1.82) is 0 Å². The molecule has 2 N–H and O–H groups in total. The molecule has 0 saturated carbocycles. The fraction of sp³-hybridized carbons (Fsp3) is 0.0769. The second-order valence-electron chi connectivity index (χ2n) is 3.83. The highest BCUT2D eigenvalue weighted by atomic mass is 79.9. The molecule has 1 aromatic carbocycles. The molecular formula is C13H10BrFN2O2. The summed E-state index contributed by atoms with van der Waals surface area (Å²) in [5, 5.41) is 11.9. The Balaban J connectivity index is 2.15. The van der Waals surface area contributed by atoms with E-state index in [1.165, 1.54) is 0 Å². The number of nitrogens with zero attached hydrogens (tertiary/aromatic N) is 1. The Labute approximate surface area is 117 Å². The maximum atomic E-state index is 13.0. The summed E-state index contributed by atoms with van der Waals surface area (Å²) in [7, 11) is 0. The van der Waals surface area contributed by atoms with Gasteiger partial charge in [-0.2, -0.15) is 0 Å². The van der Waals surface area contributed by atoms with Crippen LogP contribution in [0.1, 0.15) is 15.9 Å². The van der Waals surface area contributed by atoms with Gasteiger partial charge in [0.2, 0.25) is 0 Å². The molecule has 0 radical (unpaired) electrons. The predicted octanol–water partition coefficient (Wildman–Crippen LogP) is 3.29. The molecule has 0 unspecified atom stereocenters. The molecule has 2 rings (SSSR count). The zero-order chi connectivity index (χ0) is 13.8. The standard InChI is InChI=1S/C13H10BrFN2O2/c14-9-3-1-8(2-4-9)6-16-12-11(13(18)19)5-10(15)7-17-12/h1-5,7H,6H2,(H,16,17)(H,18,19). The summed E-state index contributed by atoms with van der Waals surface area (Å²) in [5.74, 6) is -1.74. The molecule has 1 heterocycles. The van der Waals surface area contributed by atoms with E-state index in [9.17, 15) is 9.18 Å². The summed E-state index contributed by atoms with van der Waals surface area (Å²) in [6, 6.07) is 8.49. The lowest BCUT2D eigenvalue weighted by Crippen LogP contribution is -2.08. The molecule has 19 heavy (non-hydrogen) atoms. The quantitative estimate of drug-likeness (QED) is 0.905. The van der Waals surface area contributed by atoms with Gasteiger partial charge in [0.25, 0.3) is 0 Å². The zero-order valence-corrected chi connectivity index (χ0v) is 11.3. The number of aromatic carboxylic acids is 1. The molecule has 0 amide bonds. The van der Waals surface area contributed by atoms with E-state index in [-0.39, 0.29) is 11.4 Å². The minimum Gasteiger partial charge on any atom is -0.478 e. The van der Waals surface area contributed by atoms with Gasteiger partial charge in [0.15, 0.2) is 0 Å². The Morgan fingerprint density at radius 1 is 1.37 bits per heavy atom. The van der Waals surface area contributed by atoms with E-state index in [2.05, 4.69) is 26.2 Å². The van der Waals surface area contributed by atoms with Crippen LogP contribution in [0.5, 0.6) is 0 Å². The van der Waals surface area contributed by atoms with Gasteiger partial charge in [-0.05, 0) is 23.8 Å². The van der Waals surface area contributed by atoms with Gasteiger partial charge in [-0.1, -0.05) is 28.1 Å². The molecule has 0 aliphatic rings. The van der Waals surface area contributed by atoms with E-state index >= 15 is 0 Å². The summed E-state index contributed by atoms with van der Waals surface area (Å²) >= 11 is 3.33. The Kier molecular flexibility index (Phi) is 4.11. The van der Waals surface area contributed by atoms with Crippen molar-refractivity contribution in [3.05, 3.63) is 57.9 Å². The number of nitrogens with one attached hydrogen (secondary N) is 1. The van der Waals surface area contributed by atoms with E-state index in [0.717, 1.165) is 22.3 Å². The number of rotatable bonds is 4. The summed E-state index contributed by atoms with van der Waals surface area (Å²) in [4.78, 5) is 14.7. The molecule has 6 heteroatoms. The number of benzene rings is 1. The Morgan fingerprint density at radius 2 is 2.05 bits per heavy atom. The van der Waals surface area contributed by atoms with E-state index in [1.807, 2.05) is 24.3 Å². The minimum atomic E-state index is -1.22. The normalized spacial score (nSPS) is 10.2. The first kappa shape index (κ1) is 13.5. The molecule has 4 nitrogen and oxygen atoms in total. The predicted molar refractivity (Wildman–Crippen MR) is 72.6 cm³/mol. The molecule has 0 saturated heterocycles. The van der Waals surface area contributed by atoms with Crippen molar-refractivity contribution in [1.82, 2.24) is 4.98 Å². The number of carbonyl (C=O) groups is 1. The lowest BCUT2D eigenvalue weighted by molar-refractivity contribution is 0.0697. The Morgan fingerprint density at radius 3 is 2.68 bits per heavy atom. The molecule has 0 aliphatic carbocycles. The zero-order valence-electron chi connectivity index (χ0n) is 9.73. The third kappa shape index (κ3) is 3.51. The lowest BCUT2D eigenvalue weighted by atomic mass is 10.2. The molecule has 0 fully saturated rings. The van der Waals surface area contributed by atoms with Gasteiger partial charge in [0.1, 0.15) is 17.2 Å². The van der Waals surface area contributed by atoms with Crippen molar-refractivity contribution < 1.29 is 14.3 Å². The first-order chi connectivity index (χ1) is 9.06. The van der Waals surface area contributed by atoms with Crippen molar-refractivity contribution in [3.63, 3.8) is 0 Å². The van der Waals surface area contributed by atoms with Gasteiger partial charge < -0.3 is 10.4 Å². The minimum absolute atomic E-state index is 0.150. The van der Waals surface area contributed by atoms with E-state index in [4.69, 9.17) is 5.11 Å². The summed E-state index contributed by atoms with van der Waals surface area (Å²) in [6.07, 6.45) is 0.982. The second kappa shape index (κ2) is 5.79. The largest absolute Gasteiger partial charge is 0.478 e. The van der Waals surface area contributed by atoms with E-state index in [0.29, 0.717) is 6.54 Å². The van der Waals surface area contributed by atoms with E-state index < -0.39 is 11.8 Å². The average Bonchev–Trinajstić information content (AvgIpc) is 2.39. The van der Waals surface area contributed by atoms with Crippen LogP contribution in [0.2, 0.25) is 0 Å². The molecule has 0 aliphatic heterocycles. The van der Waals surface area contributed by atoms with Gasteiger partial charge in [-0.25, -0.2) is 14.2 Å². The van der Waals surface area contributed by atoms with Crippen LogP contribution in [0.4, 0.5) is 10.2 Å². The van der Waals surface area contributed by atoms with Gasteiger partial charge >= 0.3 is 5.97 Å². The van der Waals surface area contributed by atoms with Crippen LogP contribution >= 0.6 is 15.9 Å². The number of aromatic nitrogens is 1. The molecule has 0 spiro atoms. The van der Waals surface area contributed by atoms with Crippen molar-refractivity contribution >= 4 is 27.7 Å². The fourth-order valence-corrected chi connectivity index (χ4v) is 1.80. The topological polar surface area (TPSA) is 62.2 Å². The Bertz CT molecular complexity index is 602. The lowest BCUT2D eigenvalue weighted by Gasteiger charge is -2.08. The molecular weight excluding hydrogens is 315 g/mol. The molecule has 98 valence electrons. The number of anilines is 1. The summed E-state index contributed by atoms with van der Waals surface area (Å²) < 4.78 is 13.9. The monoisotopic (exact) mass is 324 g/mol. The maximum Gasteiger partial charge on any atom is 0.339 e. The first-order valence-electron chi connectivity index (χ1n) is 5.43. The van der Waals surface area contributed by atoms with Gasteiger partial charge in [-0.15, -0.1) is 0 Å².